The predicted molar refractivity (Wildman–Crippen MR) is 116 cm³/mol. The average Bonchev–Trinajstić information content (AvgIpc) is 2.77. The first-order valence-electron chi connectivity index (χ1n) is 9.43. The Kier molecular flexibility index (Phi) is 7.36. The van der Waals surface area contributed by atoms with Crippen LogP contribution in [0.5, 0.6) is 5.75 Å². The maximum absolute atomic E-state index is 13.7. The van der Waals surface area contributed by atoms with Gasteiger partial charge in [0.15, 0.2) is 0 Å². The van der Waals surface area contributed by atoms with Crippen molar-refractivity contribution in [2.45, 2.75) is 12.8 Å². The summed E-state index contributed by atoms with van der Waals surface area (Å²) in [5.41, 5.74) is -0.653. The highest BCUT2D eigenvalue weighted by atomic mass is 35.5. The minimum Gasteiger partial charge on any atom is -0.487 e. The Labute approximate surface area is 191 Å². The summed E-state index contributed by atoms with van der Waals surface area (Å²) in [4.78, 5) is 12.4. The molecule has 0 aliphatic rings. The van der Waals surface area contributed by atoms with Crippen molar-refractivity contribution in [3.05, 3.63) is 99.8 Å². The molecule has 0 fully saturated rings. The summed E-state index contributed by atoms with van der Waals surface area (Å²) in [6, 6.07) is 16.3. The van der Waals surface area contributed by atoms with Gasteiger partial charge >= 0.3 is 6.18 Å². The maximum atomic E-state index is 13.7. The van der Waals surface area contributed by atoms with Gasteiger partial charge in [-0.2, -0.15) is 18.4 Å². The highest BCUT2D eigenvalue weighted by Crippen LogP contribution is 2.31. The number of benzene rings is 3. The second-order valence-corrected chi connectivity index (χ2v) is 7.18. The van der Waals surface area contributed by atoms with E-state index in [4.69, 9.17) is 16.3 Å². The molecule has 0 saturated heterocycles. The summed E-state index contributed by atoms with van der Waals surface area (Å²) >= 11 is 6.19. The van der Waals surface area contributed by atoms with E-state index in [-0.39, 0.29) is 28.6 Å². The molecule has 1 N–H and O–H groups in total. The fourth-order valence-corrected chi connectivity index (χ4v) is 3.03. The molecule has 0 saturated carbocycles. The Bertz CT molecular complexity index is 1250. The van der Waals surface area contributed by atoms with E-state index in [1.807, 2.05) is 0 Å². The number of halogens is 5. The van der Waals surface area contributed by atoms with Gasteiger partial charge in [0.2, 0.25) is 0 Å². The van der Waals surface area contributed by atoms with Crippen molar-refractivity contribution in [3.8, 4) is 11.8 Å². The molecule has 0 radical (unpaired) electrons. The van der Waals surface area contributed by atoms with Crippen molar-refractivity contribution in [2.24, 2.45) is 0 Å². The van der Waals surface area contributed by atoms with Gasteiger partial charge in [0.05, 0.1) is 10.6 Å². The van der Waals surface area contributed by atoms with Gasteiger partial charge < -0.3 is 10.1 Å². The molecule has 0 atom stereocenters. The maximum Gasteiger partial charge on any atom is 0.416 e. The van der Waals surface area contributed by atoms with E-state index in [1.165, 1.54) is 36.4 Å². The zero-order chi connectivity index (χ0) is 24.0. The second kappa shape index (κ2) is 10.2. The van der Waals surface area contributed by atoms with Crippen LogP contribution in [0.4, 0.5) is 23.2 Å². The first kappa shape index (κ1) is 23.8. The Morgan fingerprint density at radius 3 is 2.52 bits per heavy atom. The number of hydrogen-bond acceptors (Lipinski definition) is 3. The molecule has 0 bridgehead atoms. The lowest BCUT2D eigenvalue weighted by molar-refractivity contribution is -0.137. The second-order valence-electron chi connectivity index (χ2n) is 6.77. The number of nitriles is 1. The van der Waals surface area contributed by atoms with Gasteiger partial charge in [0.25, 0.3) is 5.91 Å². The van der Waals surface area contributed by atoms with Crippen molar-refractivity contribution in [2.75, 3.05) is 5.32 Å². The summed E-state index contributed by atoms with van der Waals surface area (Å²) < 4.78 is 57.8. The molecule has 0 aliphatic carbocycles. The lowest BCUT2D eigenvalue weighted by atomic mass is 10.1. The minimum absolute atomic E-state index is 0.0512. The van der Waals surface area contributed by atoms with Crippen LogP contribution in [0.3, 0.4) is 0 Å². The number of rotatable bonds is 6. The molecule has 0 aliphatic heterocycles. The van der Waals surface area contributed by atoms with Crippen molar-refractivity contribution < 1.29 is 27.1 Å². The zero-order valence-corrected chi connectivity index (χ0v) is 17.5. The van der Waals surface area contributed by atoms with Crippen LogP contribution in [0.15, 0.2) is 72.3 Å². The molecule has 3 rings (SSSR count). The molecular weight excluding hydrogens is 460 g/mol. The van der Waals surface area contributed by atoms with Gasteiger partial charge in [-0.1, -0.05) is 41.9 Å². The summed E-state index contributed by atoms with van der Waals surface area (Å²) in [5, 5.41) is 11.8. The quantitative estimate of drug-likeness (QED) is 0.248. The fourth-order valence-electron chi connectivity index (χ4n) is 2.78. The largest absolute Gasteiger partial charge is 0.487 e. The van der Waals surface area contributed by atoms with Crippen LogP contribution in [0, 0.1) is 17.1 Å². The Morgan fingerprint density at radius 2 is 1.85 bits per heavy atom. The van der Waals surface area contributed by atoms with Crippen LogP contribution >= 0.6 is 11.6 Å². The van der Waals surface area contributed by atoms with Crippen molar-refractivity contribution >= 4 is 29.3 Å². The Morgan fingerprint density at radius 1 is 1.09 bits per heavy atom. The van der Waals surface area contributed by atoms with Crippen molar-refractivity contribution in [1.29, 1.82) is 5.26 Å². The van der Waals surface area contributed by atoms with E-state index in [0.29, 0.717) is 11.1 Å². The van der Waals surface area contributed by atoms with E-state index >= 15 is 0 Å². The SMILES string of the molecule is N#C/C(=C\c1ccc(OCc2ccccc2F)c(Cl)c1)C(=O)Nc1cccc(C(F)(F)F)c1. The third kappa shape index (κ3) is 6.34. The topological polar surface area (TPSA) is 62.1 Å². The summed E-state index contributed by atoms with van der Waals surface area (Å²) in [7, 11) is 0. The summed E-state index contributed by atoms with van der Waals surface area (Å²) in [5.74, 6) is -1.03. The van der Waals surface area contributed by atoms with Crippen molar-refractivity contribution in [1.82, 2.24) is 0 Å². The Hall–Kier alpha value is -3.83. The van der Waals surface area contributed by atoms with Crippen LogP contribution in [0.2, 0.25) is 5.02 Å². The molecule has 0 spiro atoms. The third-order valence-electron chi connectivity index (χ3n) is 4.42. The van der Waals surface area contributed by atoms with Crippen LogP contribution < -0.4 is 10.1 Å². The average molecular weight is 475 g/mol. The van der Waals surface area contributed by atoms with E-state index in [0.717, 1.165) is 18.2 Å². The molecule has 0 aromatic heterocycles. The van der Waals surface area contributed by atoms with E-state index in [1.54, 1.807) is 24.3 Å². The highest BCUT2D eigenvalue weighted by Gasteiger charge is 2.30. The van der Waals surface area contributed by atoms with E-state index in [2.05, 4.69) is 5.32 Å². The molecule has 4 nitrogen and oxygen atoms in total. The molecule has 1 amide bonds. The molecule has 3 aromatic carbocycles. The van der Waals surface area contributed by atoms with E-state index in [9.17, 15) is 27.6 Å². The number of carbonyl (C=O) groups excluding carboxylic acids is 1. The smallest absolute Gasteiger partial charge is 0.416 e. The Balaban J connectivity index is 1.73. The molecule has 3 aromatic rings. The monoisotopic (exact) mass is 474 g/mol. The zero-order valence-electron chi connectivity index (χ0n) is 16.8. The normalized spacial score (nSPS) is 11.6. The highest BCUT2D eigenvalue weighted by molar-refractivity contribution is 6.32. The van der Waals surface area contributed by atoms with Gasteiger partial charge in [0.1, 0.15) is 29.8 Å². The van der Waals surface area contributed by atoms with Gasteiger partial charge in [-0.05, 0) is 48.0 Å². The fraction of sp³-hybridized carbons (Fsp3) is 0.0833. The van der Waals surface area contributed by atoms with Crippen molar-refractivity contribution in [3.63, 3.8) is 0 Å². The third-order valence-corrected chi connectivity index (χ3v) is 4.72. The summed E-state index contributed by atoms with van der Waals surface area (Å²) in [6.45, 7) is -0.0512. The molecule has 9 heteroatoms. The standard InChI is InChI=1S/C24H15ClF4N2O2/c25-20-11-15(8-9-22(20)33-14-16-4-1-2-7-21(16)26)10-17(13-30)23(32)31-19-6-3-5-18(12-19)24(27,28)29/h1-12H,14H2,(H,31,32)/b17-10+. The predicted octanol–water partition coefficient (Wildman–Crippen LogP) is 6.62. The number of anilines is 1. The van der Waals surface area contributed by atoms with Gasteiger partial charge in [-0.3, -0.25) is 4.79 Å². The van der Waals surface area contributed by atoms with Crippen LogP contribution in [-0.4, -0.2) is 5.91 Å². The van der Waals surface area contributed by atoms with Crippen LogP contribution in [0.25, 0.3) is 6.08 Å². The lowest BCUT2D eigenvalue weighted by Gasteiger charge is -2.10. The first-order valence-corrected chi connectivity index (χ1v) is 9.81. The molecule has 33 heavy (non-hydrogen) atoms. The molecule has 0 unspecified atom stereocenters. The number of alkyl halides is 3. The molecule has 168 valence electrons. The number of hydrogen-bond donors (Lipinski definition) is 1. The number of nitrogens with one attached hydrogen (secondary N) is 1. The number of amides is 1. The van der Waals surface area contributed by atoms with Crippen LogP contribution in [-0.2, 0) is 17.6 Å². The van der Waals surface area contributed by atoms with Gasteiger partial charge in [-0.15, -0.1) is 0 Å². The minimum atomic E-state index is -4.57. The molecular formula is C24H15ClF4N2O2. The molecule has 0 heterocycles. The van der Waals surface area contributed by atoms with Gasteiger partial charge in [-0.25, -0.2) is 4.39 Å². The van der Waals surface area contributed by atoms with Crippen LogP contribution in [0.1, 0.15) is 16.7 Å². The number of nitrogens with zero attached hydrogens (tertiary/aromatic N) is 1. The van der Waals surface area contributed by atoms with Gasteiger partial charge in [0, 0.05) is 11.3 Å². The first-order chi connectivity index (χ1) is 15.7. The summed E-state index contributed by atoms with van der Waals surface area (Å²) in [6.07, 6.45) is -3.34. The van der Waals surface area contributed by atoms with E-state index < -0.39 is 23.5 Å². The lowest BCUT2D eigenvalue weighted by Crippen LogP contribution is -2.14. The number of carbonyl (C=O) groups is 1. The number of ether oxygens (including phenoxy) is 1.